The molecule has 1 heterocycles. The summed E-state index contributed by atoms with van der Waals surface area (Å²) < 4.78 is 6.05. The fraction of sp³-hybridized carbons (Fsp3) is 0.429. The summed E-state index contributed by atoms with van der Waals surface area (Å²) >= 11 is 1.66. The summed E-state index contributed by atoms with van der Waals surface area (Å²) in [6, 6.07) is 16.3. The second kappa shape index (κ2) is 12.2. The van der Waals surface area contributed by atoms with Gasteiger partial charge >= 0.3 is 0 Å². The van der Waals surface area contributed by atoms with Crippen LogP contribution in [0, 0.1) is 0 Å². The molecule has 1 aliphatic carbocycles. The van der Waals surface area contributed by atoms with Crippen LogP contribution in [-0.2, 0) is 0 Å². The number of para-hydroxylation sites is 1. The molecule has 4 rings (SSSR count). The van der Waals surface area contributed by atoms with Gasteiger partial charge in [0.15, 0.2) is 0 Å². The lowest BCUT2D eigenvalue weighted by Crippen LogP contribution is -2.36. The molecule has 0 radical (unpaired) electrons. The quantitative estimate of drug-likeness (QED) is 0.341. The Bertz CT molecular complexity index is 1060. The first-order valence-corrected chi connectivity index (χ1v) is 13.5. The fourth-order valence-electron chi connectivity index (χ4n) is 4.67. The first kappa shape index (κ1) is 24.6. The second-order valence-electron chi connectivity index (χ2n) is 8.74. The van der Waals surface area contributed by atoms with Crippen LogP contribution in [0.3, 0.4) is 0 Å². The van der Waals surface area contributed by atoms with Crippen LogP contribution in [-0.4, -0.2) is 45.1 Å². The Labute approximate surface area is 207 Å². The van der Waals surface area contributed by atoms with Crippen LogP contribution in [0.15, 0.2) is 59.0 Å². The highest BCUT2D eigenvalue weighted by Crippen LogP contribution is 2.39. The molecule has 1 fully saturated rings. The fourth-order valence-corrected chi connectivity index (χ4v) is 5.62. The Morgan fingerprint density at radius 3 is 2.53 bits per heavy atom. The van der Waals surface area contributed by atoms with Gasteiger partial charge in [-0.15, -0.1) is 22.0 Å². The summed E-state index contributed by atoms with van der Waals surface area (Å²) in [5.41, 5.74) is 2.85. The van der Waals surface area contributed by atoms with E-state index in [0.29, 0.717) is 11.8 Å². The van der Waals surface area contributed by atoms with Crippen molar-refractivity contribution in [1.82, 2.24) is 15.1 Å². The predicted molar refractivity (Wildman–Crippen MR) is 141 cm³/mol. The van der Waals surface area contributed by atoms with Crippen molar-refractivity contribution in [3.05, 3.63) is 71.6 Å². The Kier molecular flexibility index (Phi) is 8.83. The third kappa shape index (κ3) is 6.10. The number of rotatable bonds is 10. The largest absolute Gasteiger partial charge is 0.508 e. The number of phenolic OH excluding ortho intramolecular Hbond substituents is 1. The van der Waals surface area contributed by atoms with Gasteiger partial charge in [-0.3, -0.25) is 4.90 Å². The monoisotopic (exact) mass is 477 g/mol. The smallest absolute Gasteiger partial charge is 0.247 e. The van der Waals surface area contributed by atoms with Crippen LogP contribution in [0.25, 0.3) is 17.5 Å². The molecule has 3 aromatic rings. The maximum atomic E-state index is 10.3. The van der Waals surface area contributed by atoms with Crippen LogP contribution in [0.2, 0.25) is 0 Å². The van der Waals surface area contributed by atoms with E-state index in [1.165, 1.54) is 32.1 Å². The lowest BCUT2D eigenvalue weighted by atomic mass is 9.94. The summed E-state index contributed by atoms with van der Waals surface area (Å²) in [6.07, 6.45) is 11.3. The molecule has 0 aliphatic heterocycles. The maximum Gasteiger partial charge on any atom is 0.247 e. The van der Waals surface area contributed by atoms with Crippen molar-refractivity contribution in [1.29, 1.82) is 0 Å². The molecule has 0 saturated heterocycles. The number of nitrogens with zero attached hydrogens (tertiary/aromatic N) is 3. The number of hydrogen-bond acceptors (Lipinski definition) is 6. The van der Waals surface area contributed by atoms with Crippen molar-refractivity contribution < 1.29 is 9.52 Å². The van der Waals surface area contributed by atoms with E-state index in [9.17, 15) is 5.11 Å². The first-order chi connectivity index (χ1) is 16.7. The number of hydrogen-bond donors (Lipinski definition) is 1. The van der Waals surface area contributed by atoms with E-state index < -0.39 is 0 Å². The number of aromatic hydroxyl groups is 1. The van der Waals surface area contributed by atoms with Gasteiger partial charge in [0, 0.05) is 23.7 Å². The predicted octanol–water partition coefficient (Wildman–Crippen LogP) is 6.95. The van der Waals surface area contributed by atoms with E-state index in [1.54, 1.807) is 17.8 Å². The number of aromatic nitrogens is 2. The van der Waals surface area contributed by atoms with Crippen LogP contribution in [0.5, 0.6) is 5.75 Å². The van der Waals surface area contributed by atoms with E-state index in [0.717, 1.165) is 41.6 Å². The van der Waals surface area contributed by atoms with Gasteiger partial charge in [0.25, 0.3) is 0 Å². The average molecular weight is 478 g/mol. The minimum atomic E-state index is -0.194. The van der Waals surface area contributed by atoms with Gasteiger partial charge in [0.05, 0.1) is 0 Å². The molecule has 0 amide bonds. The Morgan fingerprint density at radius 2 is 1.82 bits per heavy atom. The topological polar surface area (TPSA) is 62.4 Å². The molecule has 1 unspecified atom stereocenters. The molecule has 0 bridgehead atoms. The molecule has 1 N–H and O–H groups in total. The zero-order valence-electron chi connectivity index (χ0n) is 20.2. The zero-order valence-corrected chi connectivity index (χ0v) is 21.0. The highest BCUT2D eigenvalue weighted by Gasteiger charge is 2.24. The third-order valence-corrected chi connectivity index (χ3v) is 7.64. The Hall–Kier alpha value is -2.57. The summed E-state index contributed by atoms with van der Waals surface area (Å²) in [5, 5.41) is 18.7. The maximum absolute atomic E-state index is 10.3. The molecule has 6 heteroatoms. The van der Waals surface area contributed by atoms with Gasteiger partial charge in [0.2, 0.25) is 11.8 Å². The molecule has 1 saturated carbocycles. The van der Waals surface area contributed by atoms with E-state index in [2.05, 4.69) is 53.2 Å². The normalized spacial score (nSPS) is 15.9. The summed E-state index contributed by atoms with van der Waals surface area (Å²) in [7, 11) is 0. The van der Waals surface area contributed by atoms with E-state index in [4.69, 9.17) is 4.42 Å². The molecular weight excluding hydrogens is 442 g/mol. The van der Waals surface area contributed by atoms with Gasteiger partial charge < -0.3 is 9.52 Å². The van der Waals surface area contributed by atoms with Gasteiger partial charge in [-0.1, -0.05) is 75.6 Å². The molecule has 5 nitrogen and oxygen atoms in total. The molecule has 180 valence electrons. The average Bonchev–Trinajstić information content (AvgIpc) is 3.37. The van der Waals surface area contributed by atoms with Crippen molar-refractivity contribution in [3.8, 4) is 17.2 Å². The third-order valence-electron chi connectivity index (χ3n) is 6.52. The van der Waals surface area contributed by atoms with Gasteiger partial charge in [-0.25, -0.2) is 0 Å². The SMILES string of the molecule is CCSC(c1nnc(-c2ccc(C=CCN(CC)C3CCCCC3)cc2)o1)c1ccccc1O. The van der Waals surface area contributed by atoms with Crippen molar-refractivity contribution in [2.45, 2.75) is 57.2 Å². The van der Waals surface area contributed by atoms with Gasteiger partial charge in [0.1, 0.15) is 11.0 Å². The first-order valence-electron chi connectivity index (χ1n) is 12.4. The number of benzene rings is 2. The molecule has 1 aromatic heterocycles. The van der Waals surface area contributed by atoms with Crippen LogP contribution in [0.4, 0.5) is 0 Å². The zero-order chi connectivity index (χ0) is 23.8. The van der Waals surface area contributed by atoms with E-state index in [1.807, 2.05) is 30.3 Å². The molecule has 2 aromatic carbocycles. The van der Waals surface area contributed by atoms with Crippen molar-refractivity contribution in [2.75, 3.05) is 18.8 Å². The standard InChI is InChI=1S/C28H35N3O2S/c1-3-31(23-12-6-5-7-13-23)20-10-11-21-16-18-22(19-17-21)27-29-30-28(33-27)26(34-4-2)24-14-8-9-15-25(24)32/h8-11,14-19,23,26,32H,3-7,12-13,20H2,1-2H3. The van der Waals surface area contributed by atoms with Crippen LogP contribution in [0.1, 0.15) is 68.2 Å². The highest BCUT2D eigenvalue weighted by molar-refractivity contribution is 7.99. The molecule has 34 heavy (non-hydrogen) atoms. The lowest BCUT2D eigenvalue weighted by Gasteiger charge is -2.32. The number of thioether (sulfide) groups is 1. The number of likely N-dealkylation sites (N-methyl/N-ethyl adjacent to an activating group) is 1. The van der Waals surface area contributed by atoms with Gasteiger partial charge in [-0.05, 0) is 48.9 Å². The Balaban J connectivity index is 1.42. The number of phenols is 1. The molecule has 1 atom stereocenters. The van der Waals surface area contributed by atoms with Crippen LogP contribution < -0.4 is 0 Å². The molecule has 1 aliphatic rings. The minimum absolute atomic E-state index is 0.194. The van der Waals surface area contributed by atoms with Crippen LogP contribution >= 0.6 is 11.8 Å². The minimum Gasteiger partial charge on any atom is -0.508 e. The summed E-state index contributed by atoms with van der Waals surface area (Å²) in [5.74, 6) is 2.12. The highest BCUT2D eigenvalue weighted by atomic mass is 32.2. The van der Waals surface area contributed by atoms with Crippen molar-refractivity contribution >= 4 is 17.8 Å². The lowest BCUT2D eigenvalue weighted by molar-refractivity contribution is 0.181. The summed E-state index contributed by atoms with van der Waals surface area (Å²) in [4.78, 5) is 2.60. The van der Waals surface area contributed by atoms with E-state index in [-0.39, 0.29) is 11.0 Å². The van der Waals surface area contributed by atoms with Crippen molar-refractivity contribution in [3.63, 3.8) is 0 Å². The second-order valence-corrected chi connectivity index (χ2v) is 10.1. The summed E-state index contributed by atoms with van der Waals surface area (Å²) in [6.45, 7) is 6.44. The van der Waals surface area contributed by atoms with Crippen molar-refractivity contribution in [2.24, 2.45) is 0 Å². The van der Waals surface area contributed by atoms with Gasteiger partial charge in [-0.2, -0.15) is 0 Å². The molecule has 0 spiro atoms. The Morgan fingerprint density at radius 1 is 1.06 bits per heavy atom. The van der Waals surface area contributed by atoms with E-state index >= 15 is 0 Å². The molecular formula is C28H35N3O2S.